The molecule has 0 unspecified atom stereocenters. The van der Waals surface area contributed by atoms with Crippen molar-refractivity contribution in [1.29, 1.82) is 0 Å². The summed E-state index contributed by atoms with van der Waals surface area (Å²) in [6.45, 7) is 5.52. The highest BCUT2D eigenvalue weighted by molar-refractivity contribution is 7.86. The third kappa shape index (κ3) is 3.85. The maximum absolute atomic E-state index is 12.2. The van der Waals surface area contributed by atoms with Crippen LogP contribution in [0.15, 0.2) is 0 Å². The lowest BCUT2D eigenvalue weighted by Gasteiger charge is -2.38. The van der Waals surface area contributed by atoms with E-state index in [2.05, 4.69) is 0 Å². The van der Waals surface area contributed by atoms with Crippen LogP contribution in [0.4, 0.5) is 4.79 Å². The van der Waals surface area contributed by atoms with E-state index < -0.39 is 15.7 Å². The van der Waals surface area contributed by atoms with Crippen LogP contribution >= 0.6 is 0 Å². The fraction of sp³-hybridized carbons (Fsp3) is 0.923. The Labute approximate surface area is 120 Å². The Hall–Kier alpha value is -0.820. The molecule has 0 saturated carbocycles. The van der Waals surface area contributed by atoms with Gasteiger partial charge in [0.2, 0.25) is 0 Å². The van der Waals surface area contributed by atoms with E-state index in [1.807, 2.05) is 20.8 Å². The van der Waals surface area contributed by atoms with Gasteiger partial charge in [0.05, 0.1) is 12.4 Å². The minimum atomic E-state index is -3.44. The zero-order valence-corrected chi connectivity index (χ0v) is 13.3. The maximum Gasteiger partial charge on any atom is 0.410 e. The first-order chi connectivity index (χ1) is 9.05. The normalized spacial score (nSPS) is 30.4. The van der Waals surface area contributed by atoms with Gasteiger partial charge < -0.3 is 9.64 Å². The number of fused-ring (bicyclic) bond motifs is 2. The van der Waals surface area contributed by atoms with Crippen molar-refractivity contribution in [2.24, 2.45) is 0 Å². The van der Waals surface area contributed by atoms with Crippen molar-refractivity contribution in [2.75, 3.05) is 6.26 Å². The van der Waals surface area contributed by atoms with Gasteiger partial charge in [0.15, 0.2) is 0 Å². The number of nitrogens with zero attached hydrogens (tertiary/aromatic N) is 1. The fourth-order valence-corrected chi connectivity index (χ4v) is 3.72. The molecule has 0 aromatic rings. The van der Waals surface area contributed by atoms with E-state index in [1.54, 1.807) is 4.90 Å². The first-order valence-corrected chi connectivity index (χ1v) is 8.76. The largest absolute Gasteiger partial charge is 0.444 e. The molecule has 0 N–H and O–H groups in total. The van der Waals surface area contributed by atoms with Crippen LogP contribution in [0.1, 0.15) is 46.5 Å². The summed E-state index contributed by atoms with van der Waals surface area (Å²) in [5.41, 5.74) is -0.517. The predicted octanol–water partition coefficient (Wildman–Crippen LogP) is 1.89. The fourth-order valence-electron chi connectivity index (χ4n) is 3.07. The third-order valence-electron chi connectivity index (χ3n) is 3.61. The number of piperidine rings is 1. The number of hydrogen-bond donors (Lipinski definition) is 0. The summed E-state index contributed by atoms with van der Waals surface area (Å²) in [6.07, 6.45) is 3.32. The summed E-state index contributed by atoms with van der Waals surface area (Å²) in [4.78, 5) is 14.0. The minimum Gasteiger partial charge on any atom is -0.444 e. The van der Waals surface area contributed by atoms with Crippen LogP contribution in [0.2, 0.25) is 0 Å². The minimum absolute atomic E-state index is 0.0235. The molecule has 2 bridgehead atoms. The van der Waals surface area contributed by atoms with Crippen molar-refractivity contribution in [1.82, 2.24) is 4.90 Å². The van der Waals surface area contributed by atoms with Gasteiger partial charge in [-0.3, -0.25) is 4.18 Å². The van der Waals surface area contributed by atoms with Crippen molar-refractivity contribution in [3.63, 3.8) is 0 Å². The van der Waals surface area contributed by atoms with Crippen molar-refractivity contribution in [2.45, 2.75) is 70.2 Å². The van der Waals surface area contributed by atoms with Gasteiger partial charge in [-0.15, -0.1) is 0 Å². The predicted molar refractivity (Wildman–Crippen MR) is 73.8 cm³/mol. The summed E-state index contributed by atoms with van der Waals surface area (Å²) < 4.78 is 32.9. The molecule has 7 heteroatoms. The second kappa shape index (κ2) is 5.18. The van der Waals surface area contributed by atoms with Gasteiger partial charge in [-0.2, -0.15) is 8.42 Å². The van der Waals surface area contributed by atoms with E-state index in [4.69, 9.17) is 8.92 Å². The number of hydrogen-bond acceptors (Lipinski definition) is 5. The van der Waals surface area contributed by atoms with Crippen molar-refractivity contribution in [3.05, 3.63) is 0 Å². The van der Waals surface area contributed by atoms with Crippen molar-refractivity contribution < 1.29 is 22.1 Å². The molecule has 2 aliphatic rings. The third-order valence-corrected chi connectivity index (χ3v) is 4.23. The van der Waals surface area contributed by atoms with Crippen molar-refractivity contribution in [3.8, 4) is 0 Å². The Morgan fingerprint density at radius 2 is 1.65 bits per heavy atom. The first-order valence-electron chi connectivity index (χ1n) is 6.95. The number of rotatable bonds is 2. The number of ether oxygens (including phenoxy) is 1. The van der Waals surface area contributed by atoms with Gasteiger partial charge in [-0.1, -0.05) is 0 Å². The lowest BCUT2D eigenvalue weighted by Crippen LogP contribution is -2.50. The van der Waals surface area contributed by atoms with E-state index in [0.29, 0.717) is 12.8 Å². The smallest absolute Gasteiger partial charge is 0.410 e. The molecule has 0 aromatic heterocycles. The molecule has 2 aliphatic heterocycles. The van der Waals surface area contributed by atoms with Crippen LogP contribution in [0.5, 0.6) is 0 Å². The van der Waals surface area contributed by atoms with E-state index >= 15 is 0 Å². The lowest BCUT2D eigenvalue weighted by atomic mass is 10.0. The quantitative estimate of drug-likeness (QED) is 0.728. The van der Waals surface area contributed by atoms with Gasteiger partial charge in [-0.05, 0) is 46.5 Å². The standard InChI is InChI=1S/C13H23NO5S/c1-13(2,3)18-12(15)14-9-5-6-10(14)8-11(7-9)19-20(4,16)17/h9-11H,5-8H2,1-4H3/t9-,10+,11-. The molecular formula is C13H23NO5S. The zero-order chi connectivity index (χ0) is 15.1. The molecule has 1 amide bonds. The Balaban J connectivity index is 2.02. The zero-order valence-electron chi connectivity index (χ0n) is 12.5. The second-order valence-electron chi connectivity index (χ2n) is 6.67. The summed E-state index contributed by atoms with van der Waals surface area (Å²) in [7, 11) is -3.44. The van der Waals surface area contributed by atoms with Crippen LogP contribution in [0, 0.1) is 0 Å². The van der Waals surface area contributed by atoms with E-state index in [0.717, 1.165) is 19.1 Å². The lowest BCUT2D eigenvalue weighted by molar-refractivity contribution is -0.00599. The summed E-state index contributed by atoms with van der Waals surface area (Å²) in [6, 6.07) is 0.0469. The Morgan fingerprint density at radius 3 is 2.05 bits per heavy atom. The summed E-state index contributed by atoms with van der Waals surface area (Å²) in [5, 5.41) is 0. The molecule has 0 radical (unpaired) electrons. The van der Waals surface area contributed by atoms with Crippen LogP contribution in [-0.4, -0.2) is 49.5 Å². The molecule has 116 valence electrons. The van der Waals surface area contributed by atoms with Gasteiger partial charge in [0.1, 0.15) is 5.60 Å². The van der Waals surface area contributed by atoms with Gasteiger partial charge in [-0.25, -0.2) is 4.79 Å². The van der Waals surface area contributed by atoms with Crippen molar-refractivity contribution >= 4 is 16.2 Å². The van der Waals surface area contributed by atoms with Crippen LogP contribution < -0.4 is 0 Å². The summed E-state index contributed by atoms with van der Waals surface area (Å²) in [5.74, 6) is 0. The number of carbonyl (C=O) groups is 1. The van der Waals surface area contributed by atoms with E-state index in [9.17, 15) is 13.2 Å². The van der Waals surface area contributed by atoms with Crippen LogP contribution in [-0.2, 0) is 19.0 Å². The highest BCUT2D eigenvalue weighted by Crippen LogP contribution is 2.38. The molecule has 2 rings (SSSR count). The van der Waals surface area contributed by atoms with Crippen LogP contribution in [0.25, 0.3) is 0 Å². The Morgan fingerprint density at radius 1 is 1.15 bits per heavy atom. The van der Waals surface area contributed by atoms with Gasteiger partial charge in [0.25, 0.3) is 10.1 Å². The highest BCUT2D eigenvalue weighted by atomic mass is 32.2. The molecule has 0 aliphatic carbocycles. The molecule has 2 heterocycles. The van der Waals surface area contributed by atoms with Gasteiger partial charge in [0, 0.05) is 12.1 Å². The molecule has 2 saturated heterocycles. The molecule has 20 heavy (non-hydrogen) atoms. The average Bonchev–Trinajstić information content (AvgIpc) is 2.46. The second-order valence-corrected chi connectivity index (χ2v) is 8.27. The van der Waals surface area contributed by atoms with Crippen LogP contribution in [0.3, 0.4) is 0 Å². The SMILES string of the molecule is CC(C)(C)OC(=O)N1[C@@H]2CC[C@H]1C[C@H](OS(C)(=O)=O)C2. The molecule has 3 atom stereocenters. The molecule has 0 aromatic carbocycles. The summed E-state index contributed by atoms with van der Waals surface area (Å²) >= 11 is 0. The monoisotopic (exact) mass is 305 g/mol. The maximum atomic E-state index is 12.2. The van der Waals surface area contributed by atoms with E-state index in [1.165, 1.54) is 0 Å². The van der Waals surface area contributed by atoms with Gasteiger partial charge >= 0.3 is 6.09 Å². The Bertz CT molecular complexity index is 467. The first kappa shape index (κ1) is 15.6. The molecular weight excluding hydrogens is 282 g/mol. The Kier molecular flexibility index (Phi) is 4.03. The number of amides is 1. The molecule has 2 fully saturated rings. The molecule has 6 nitrogen and oxygen atoms in total. The van der Waals surface area contributed by atoms with E-state index in [-0.39, 0.29) is 24.3 Å². The topological polar surface area (TPSA) is 72.9 Å². The average molecular weight is 305 g/mol. The molecule has 0 spiro atoms. The number of carbonyl (C=O) groups excluding carboxylic acids is 1. The highest BCUT2D eigenvalue weighted by Gasteiger charge is 2.45.